The Bertz CT molecular complexity index is 1140. The Kier molecular flexibility index (Phi) is 5.76. The number of hydrogen-bond donors (Lipinski definition) is 2. The molecule has 4 rings (SSSR count). The number of aromatic nitrogens is 1. The molecule has 3 aromatic rings. The molecule has 2 heterocycles. The Morgan fingerprint density at radius 1 is 1.17 bits per heavy atom. The first kappa shape index (κ1) is 20.0. The van der Waals surface area contributed by atoms with Gasteiger partial charge in [-0.3, -0.25) is 4.79 Å². The van der Waals surface area contributed by atoms with E-state index < -0.39 is 0 Å². The second-order valence-corrected chi connectivity index (χ2v) is 7.34. The van der Waals surface area contributed by atoms with Crippen molar-refractivity contribution in [2.75, 3.05) is 20.4 Å². The predicted molar refractivity (Wildman–Crippen MR) is 119 cm³/mol. The van der Waals surface area contributed by atoms with Crippen molar-refractivity contribution in [3.05, 3.63) is 63.9 Å². The van der Waals surface area contributed by atoms with Crippen molar-refractivity contribution in [3.63, 3.8) is 0 Å². The summed E-state index contributed by atoms with van der Waals surface area (Å²) in [5.41, 5.74) is 2.24. The second-order valence-electron chi connectivity index (χ2n) is 6.96. The van der Waals surface area contributed by atoms with Crippen LogP contribution < -0.4 is 25.1 Å². The molecule has 0 aliphatic carbocycles. The molecule has 8 heteroatoms. The van der Waals surface area contributed by atoms with Crippen LogP contribution in [0.1, 0.15) is 18.1 Å². The molecule has 2 aromatic carbocycles. The minimum Gasteiger partial charge on any atom is -0.497 e. The van der Waals surface area contributed by atoms with Gasteiger partial charge in [0.1, 0.15) is 5.75 Å². The number of hydrogen-bond acceptors (Lipinski definition) is 5. The molecule has 7 nitrogen and oxygen atoms in total. The summed E-state index contributed by atoms with van der Waals surface area (Å²) in [6, 6.07) is 13.3. The van der Waals surface area contributed by atoms with Crippen LogP contribution >= 0.6 is 12.2 Å². The number of H-pyrrole nitrogens is 1. The summed E-state index contributed by atoms with van der Waals surface area (Å²) in [6.07, 6.45) is 0. The summed E-state index contributed by atoms with van der Waals surface area (Å²) in [6.45, 7) is 3.82. The number of methoxy groups -OCH3 is 1. The fraction of sp³-hybridized carbons (Fsp3) is 0.273. The van der Waals surface area contributed by atoms with Crippen molar-refractivity contribution >= 4 is 28.2 Å². The monoisotopic (exact) mass is 425 g/mol. The summed E-state index contributed by atoms with van der Waals surface area (Å²) in [4.78, 5) is 17.6. The molecule has 0 amide bonds. The number of pyridine rings is 1. The van der Waals surface area contributed by atoms with Gasteiger partial charge in [-0.25, -0.2) is 0 Å². The molecule has 0 spiro atoms. The van der Waals surface area contributed by atoms with E-state index in [0.29, 0.717) is 36.1 Å². The fourth-order valence-corrected chi connectivity index (χ4v) is 3.67. The third-order valence-corrected chi connectivity index (χ3v) is 5.32. The van der Waals surface area contributed by atoms with Crippen LogP contribution in [0.4, 0.5) is 0 Å². The van der Waals surface area contributed by atoms with Crippen molar-refractivity contribution in [1.82, 2.24) is 15.2 Å². The lowest BCUT2D eigenvalue weighted by Crippen LogP contribution is -2.39. The number of ether oxygens (including phenoxy) is 3. The van der Waals surface area contributed by atoms with Gasteiger partial charge < -0.3 is 29.4 Å². The van der Waals surface area contributed by atoms with Gasteiger partial charge in [-0.2, -0.15) is 0 Å². The van der Waals surface area contributed by atoms with Crippen LogP contribution in [-0.4, -0.2) is 35.4 Å². The minimum absolute atomic E-state index is 0.147. The van der Waals surface area contributed by atoms with E-state index in [9.17, 15) is 4.79 Å². The highest BCUT2D eigenvalue weighted by Crippen LogP contribution is 2.33. The van der Waals surface area contributed by atoms with E-state index in [1.54, 1.807) is 7.11 Å². The first-order valence-corrected chi connectivity index (χ1v) is 10.1. The largest absolute Gasteiger partial charge is 0.497 e. The number of benzene rings is 2. The first-order chi connectivity index (χ1) is 14.6. The topological polar surface area (TPSA) is 75.8 Å². The van der Waals surface area contributed by atoms with Gasteiger partial charge in [-0.1, -0.05) is 6.07 Å². The van der Waals surface area contributed by atoms with Crippen LogP contribution in [0.3, 0.4) is 0 Å². The zero-order chi connectivity index (χ0) is 21.1. The molecule has 0 unspecified atom stereocenters. The van der Waals surface area contributed by atoms with E-state index in [2.05, 4.69) is 10.3 Å². The number of fused-ring (bicyclic) bond motifs is 2. The third-order valence-electron chi connectivity index (χ3n) is 4.92. The maximum absolute atomic E-state index is 12.7. The molecule has 2 N–H and O–H groups in total. The lowest BCUT2D eigenvalue weighted by molar-refractivity contribution is 0.174. The number of aromatic amines is 1. The number of thiocarbonyl (C=S) groups is 1. The molecule has 1 aromatic heterocycles. The van der Waals surface area contributed by atoms with Gasteiger partial charge >= 0.3 is 0 Å². The quantitative estimate of drug-likeness (QED) is 0.588. The standard InChI is InChI=1S/C22H23N3O4S/c1-3-23-22(30)25(11-14-4-7-19-20(8-14)29-13-28-19)12-16-9-15-5-6-17(27-2)10-18(15)24-21(16)26/h4-10H,3,11-13H2,1-2H3,(H,23,30)(H,24,26). The minimum atomic E-state index is -0.147. The zero-order valence-electron chi connectivity index (χ0n) is 16.9. The van der Waals surface area contributed by atoms with Gasteiger partial charge in [-0.05, 0) is 60.4 Å². The lowest BCUT2D eigenvalue weighted by Gasteiger charge is -2.26. The van der Waals surface area contributed by atoms with E-state index >= 15 is 0 Å². The molecular weight excluding hydrogens is 402 g/mol. The van der Waals surface area contributed by atoms with Crippen LogP contribution in [0.15, 0.2) is 47.3 Å². The van der Waals surface area contributed by atoms with Gasteiger partial charge in [-0.15, -0.1) is 0 Å². The highest BCUT2D eigenvalue weighted by atomic mass is 32.1. The Morgan fingerprint density at radius 3 is 2.80 bits per heavy atom. The summed E-state index contributed by atoms with van der Waals surface area (Å²) >= 11 is 5.57. The maximum atomic E-state index is 12.7. The Labute approximate surface area is 179 Å². The molecule has 0 atom stereocenters. The average molecular weight is 426 g/mol. The highest BCUT2D eigenvalue weighted by Gasteiger charge is 2.17. The fourth-order valence-electron chi connectivity index (χ4n) is 3.40. The van der Waals surface area contributed by atoms with E-state index in [-0.39, 0.29) is 12.4 Å². The summed E-state index contributed by atoms with van der Waals surface area (Å²) in [5, 5.41) is 4.70. The highest BCUT2D eigenvalue weighted by molar-refractivity contribution is 7.80. The molecule has 156 valence electrons. The summed E-state index contributed by atoms with van der Waals surface area (Å²) < 4.78 is 16.1. The Morgan fingerprint density at radius 2 is 2.00 bits per heavy atom. The van der Waals surface area contributed by atoms with Crippen LogP contribution in [-0.2, 0) is 13.1 Å². The van der Waals surface area contributed by atoms with Crippen molar-refractivity contribution in [2.45, 2.75) is 20.0 Å². The van der Waals surface area contributed by atoms with Crippen molar-refractivity contribution in [2.24, 2.45) is 0 Å². The molecular formula is C22H23N3O4S. The van der Waals surface area contributed by atoms with Gasteiger partial charge in [0.2, 0.25) is 6.79 Å². The van der Waals surface area contributed by atoms with Crippen LogP contribution in [0, 0.1) is 0 Å². The first-order valence-electron chi connectivity index (χ1n) is 9.68. The summed E-state index contributed by atoms with van der Waals surface area (Å²) in [5.74, 6) is 2.16. The molecule has 1 aliphatic rings. The number of nitrogens with one attached hydrogen (secondary N) is 2. The van der Waals surface area contributed by atoms with Crippen molar-refractivity contribution in [3.8, 4) is 17.2 Å². The zero-order valence-corrected chi connectivity index (χ0v) is 17.7. The van der Waals surface area contributed by atoms with Gasteiger partial charge in [0.25, 0.3) is 5.56 Å². The summed E-state index contributed by atoms with van der Waals surface area (Å²) in [7, 11) is 1.60. The van der Waals surface area contributed by atoms with E-state index in [0.717, 1.165) is 28.0 Å². The van der Waals surface area contributed by atoms with E-state index in [4.69, 9.17) is 26.4 Å². The second kappa shape index (κ2) is 8.62. The van der Waals surface area contributed by atoms with Crippen molar-refractivity contribution < 1.29 is 14.2 Å². The van der Waals surface area contributed by atoms with Crippen LogP contribution in [0.2, 0.25) is 0 Å². The molecule has 0 saturated carbocycles. The van der Waals surface area contributed by atoms with E-state index in [1.807, 2.05) is 54.3 Å². The van der Waals surface area contributed by atoms with Crippen molar-refractivity contribution in [1.29, 1.82) is 0 Å². The van der Waals surface area contributed by atoms with Crippen LogP contribution in [0.25, 0.3) is 10.9 Å². The Hall–Kier alpha value is -3.26. The Balaban J connectivity index is 1.62. The molecule has 30 heavy (non-hydrogen) atoms. The SMILES string of the molecule is CCNC(=S)N(Cc1ccc2c(c1)OCO2)Cc1cc2ccc(OC)cc2[nH]c1=O. The van der Waals surface area contributed by atoms with Gasteiger partial charge in [0, 0.05) is 24.7 Å². The van der Waals surface area contributed by atoms with Crippen LogP contribution in [0.5, 0.6) is 17.2 Å². The molecule has 1 aliphatic heterocycles. The van der Waals surface area contributed by atoms with E-state index in [1.165, 1.54) is 0 Å². The van der Waals surface area contributed by atoms with Gasteiger partial charge in [0.15, 0.2) is 16.6 Å². The smallest absolute Gasteiger partial charge is 0.253 e. The molecule has 0 radical (unpaired) electrons. The molecule has 0 bridgehead atoms. The normalized spacial score (nSPS) is 12.1. The maximum Gasteiger partial charge on any atom is 0.253 e. The molecule has 0 fully saturated rings. The lowest BCUT2D eigenvalue weighted by atomic mass is 10.1. The molecule has 0 saturated heterocycles. The third kappa shape index (κ3) is 4.18. The number of rotatable bonds is 6. The predicted octanol–water partition coefficient (Wildman–Crippen LogP) is 3.16. The number of nitrogens with zero attached hydrogens (tertiary/aromatic N) is 1. The average Bonchev–Trinajstić information content (AvgIpc) is 3.21. The van der Waals surface area contributed by atoms with Gasteiger partial charge in [0.05, 0.1) is 19.2 Å².